The molecule has 1 aliphatic carbocycles. The van der Waals surface area contributed by atoms with Crippen LogP contribution in [0.5, 0.6) is 0 Å². The van der Waals surface area contributed by atoms with Crippen LogP contribution in [0.25, 0.3) is 22.3 Å². The summed E-state index contributed by atoms with van der Waals surface area (Å²) < 4.78 is 5.63. The largest absolute Gasteiger partial charge is 0.478 e. The lowest BCUT2D eigenvalue weighted by atomic mass is 9.98. The minimum Gasteiger partial charge on any atom is -0.478 e. The first-order valence-electron chi connectivity index (χ1n) is 11.1. The molecular formula is C29H23NO4. The van der Waals surface area contributed by atoms with Gasteiger partial charge in [-0.25, -0.2) is 9.59 Å². The number of aromatic carboxylic acids is 1. The van der Waals surface area contributed by atoms with E-state index in [1.54, 1.807) is 18.2 Å². The Morgan fingerprint density at radius 1 is 0.765 bits per heavy atom. The summed E-state index contributed by atoms with van der Waals surface area (Å²) in [5.74, 6) is -0.972. The van der Waals surface area contributed by atoms with E-state index in [1.807, 2.05) is 54.6 Å². The molecule has 0 saturated carbocycles. The molecule has 0 bridgehead atoms. The molecule has 0 saturated heterocycles. The summed E-state index contributed by atoms with van der Waals surface area (Å²) in [6, 6.07) is 30.8. The molecule has 0 aromatic heterocycles. The van der Waals surface area contributed by atoms with Gasteiger partial charge in [0.25, 0.3) is 0 Å². The number of nitrogens with one attached hydrogen (secondary N) is 1. The Kier molecular flexibility index (Phi) is 5.83. The van der Waals surface area contributed by atoms with Crippen molar-refractivity contribution >= 4 is 12.1 Å². The first-order valence-corrected chi connectivity index (χ1v) is 11.1. The van der Waals surface area contributed by atoms with Crippen molar-refractivity contribution in [1.82, 2.24) is 5.32 Å². The van der Waals surface area contributed by atoms with Crippen LogP contribution in [-0.2, 0) is 11.3 Å². The van der Waals surface area contributed by atoms with Gasteiger partial charge < -0.3 is 15.2 Å². The molecule has 0 atom stereocenters. The lowest BCUT2D eigenvalue weighted by molar-refractivity contribution is 0.0697. The minimum atomic E-state index is -0.976. The molecule has 4 aromatic rings. The van der Waals surface area contributed by atoms with Gasteiger partial charge in [0, 0.05) is 12.5 Å². The molecule has 0 heterocycles. The highest BCUT2D eigenvalue weighted by atomic mass is 16.5. The van der Waals surface area contributed by atoms with Crippen LogP contribution in [0.15, 0.2) is 97.1 Å². The molecule has 5 rings (SSSR count). The quantitative estimate of drug-likeness (QED) is 0.373. The SMILES string of the molecule is O=C(NCc1ccccc1-c1cccc(C(=O)O)c1)OCC1c2ccccc2-c2ccccc21. The lowest BCUT2D eigenvalue weighted by Crippen LogP contribution is -2.25. The number of alkyl carbamates (subject to hydrolysis) is 1. The molecule has 1 aliphatic rings. The van der Waals surface area contributed by atoms with Gasteiger partial charge in [0.1, 0.15) is 6.61 Å². The minimum absolute atomic E-state index is 0.00388. The number of carbonyl (C=O) groups is 2. The van der Waals surface area contributed by atoms with Gasteiger partial charge in [-0.05, 0) is 51.1 Å². The first-order chi connectivity index (χ1) is 16.6. The van der Waals surface area contributed by atoms with Crippen molar-refractivity contribution in [1.29, 1.82) is 0 Å². The fourth-order valence-electron chi connectivity index (χ4n) is 4.59. The molecule has 5 heteroatoms. The van der Waals surface area contributed by atoms with E-state index in [-0.39, 0.29) is 24.6 Å². The van der Waals surface area contributed by atoms with Crippen LogP contribution in [0.3, 0.4) is 0 Å². The molecule has 34 heavy (non-hydrogen) atoms. The van der Waals surface area contributed by atoms with Gasteiger partial charge in [0.05, 0.1) is 5.56 Å². The van der Waals surface area contributed by atoms with Gasteiger partial charge in [0.2, 0.25) is 0 Å². The summed E-state index contributed by atoms with van der Waals surface area (Å²) in [7, 11) is 0. The highest BCUT2D eigenvalue weighted by molar-refractivity contribution is 5.89. The number of ether oxygens (including phenoxy) is 1. The lowest BCUT2D eigenvalue weighted by Gasteiger charge is -2.15. The maximum absolute atomic E-state index is 12.6. The highest BCUT2D eigenvalue weighted by Crippen LogP contribution is 2.44. The topological polar surface area (TPSA) is 75.6 Å². The summed E-state index contributed by atoms with van der Waals surface area (Å²) in [6.07, 6.45) is -0.490. The van der Waals surface area contributed by atoms with Crippen molar-refractivity contribution in [2.45, 2.75) is 12.5 Å². The predicted octanol–water partition coefficient (Wildman–Crippen LogP) is 6.09. The average molecular weight is 450 g/mol. The second kappa shape index (κ2) is 9.24. The molecule has 4 aromatic carbocycles. The van der Waals surface area contributed by atoms with E-state index in [9.17, 15) is 14.7 Å². The molecule has 1 amide bonds. The number of benzene rings is 4. The van der Waals surface area contributed by atoms with Crippen molar-refractivity contribution in [3.63, 3.8) is 0 Å². The zero-order valence-corrected chi connectivity index (χ0v) is 18.4. The Labute approximate surface area is 197 Å². The van der Waals surface area contributed by atoms with Gasteiger partial charge in [-0.3, -0.25) is 0 Å². The second-order valence-electron chi connectivity index (χ2n) is 8.22. The average Bonchev–Trinajstić information content (AvgIpc) is 3.20. The van der Waals surface area contributed by atoms with E-state index in [0.29, 0.717) is 0 Å². The number of hydrogen-bond donors (Lipinski definition) is 2. The van der Waals surface area contributed by atoms with Crippen LogP contribution >= 0.6 is 0 Å². The summed E-state index contributed by atoms with van der Waals surface area (Å²) in [5, 5.41) is 12.1. The predicted molar refractivity (Wildman–Crippen MR) is 131 cm³/mol. The molecule has 2 N–H and O–H groups in total. The maximum Gasteiger partial charge on any atom is 0.407 e. The standard InChI is InChI=1S/C29H23NO4/c31-28(32)20-10-7-9-19(16-20)22-11-2-1-8-21(22)17-30-29(33)34-18-27-25-14-5-3-12-23(25)24-13-4-6-15-26(24)27/h1-16,27H,17-18H2,(H,30,33)(H,31,32). The molecule has 0 spiro atoms. The smallest absolute Gasteiger partial charge is 0.407 e. The number of amides is 1. The van der Waals surface area contributed by atoms with Crippen molar-refractivity contribution in [3.05, 3.63) is 119 Å². The van der Waals surface area contributed by atoms with Crippen LogP contribution in [0.2, 0.25) is 0 Å². The van der Waals surface area contributed by atoms with E-state index >= 15 is 0 Å². The van der Waals surface area contributed by atoms with Gasteiger partial charge in [-0.1, -0.05) is 84.9 Å². The van der Waals surface area contributed by atoms with Crippen LogP contribution in [0.4, 0.5) is 4.79 Å². The fourth-order valence-corrected chi connectivity index (χ4v) is 4.59. The number of fused-ring (bicyclic) bond motifs is 3. The molecule has 168 valence electrons. The van der Waals surface area contributed by atoms with Crippen molar-refractivity contribution in [2.75, 3.05) is 6.61 Å². The van der Waals surface area contributed by atoms with Crippen molar-refractivity contribution in [3.8, 4) is 22.3 Å². The second-order valence-corrected chi connectivity index (χ2v) is 8.22. The Hall–Kier alpha value is -4.38. The first kappa shape index (κ1) is 21.5. The highest BCUT2D eigenvalue weighted by Gasteiger charge is 2.29. The molecule has 0 radical (unpaired) electrons. The van der Waals surface area contributed by atoms with Gasteiger partial charge in [-0.2, -0.15) is 0 Å². The molecular weight excluding hydrogens is 426 g/mol. The van der Waals surface area contributed by atoms with Crippen LogP contribution < -0.4 is 5.32 Å². The van der Waals surface area contributed by atoms with E-state index in [1.165, 1.54) is 22.3 Å². The normalized spacial score (nSPS) is 12.0. The third kappa shape index (κ3) is 4.16. The van der Waals surface area contributed by atoms with Crippen molar-refractivity contribution < 1.29 is 19.4 Å². The molecule has 0 aliphatic heterocycles. The zero-order valence-electron chi connectivity index (χ0n) is 18.4. The summed E-state index contributed by atoms with van der Waals surface area (Å²) in [5.41, 5.74) is 7.44. The monoisotopic (exact) mass is 449 g/mol. The number of carboxylic acid groups (broad SMARTS) is 1. The molecule has 5 nitrogen and oxygen atoms in total. The van der Waals surface area contributed by atoms with Gasteiger partial charge >= 0.3 is 12.1 Å². The summed E-state index contributed by atoms with van der Waals surface area (Å²) in [4.78, 5) is 23.9. The summed E-state index contributed by atoms with van der Waals surface area (Å²) in [6.45, 7) is 0.520. The Morgan fingerprint density at radius 3 is 2.06 bits per heavy atom. The van der Waals surface area contributed by atoms with Crippen LogP contribution in [-0.4, -0.2) is 23.8 Å². The number of carboxylic acids is 1. The number of hydrogen-bond acceptors (Lipinski definition) is 3. The fraction of sp³-hybridized carbons (Fsp3) is 0.103. The van der Waals surface area contributed by atoms with Gasteiger partial charge in [-0.15, -0.1) is 0 Å². The number of carbonyl (C=O) groups excluding carboxylic acids is 1. The van der Waals surface area contributed by atoms with Crippen LogP contribution in [0, 0.1) is 0 Å². The van der Waals surface area contributed by atoms with E-state index < -0.39 is 12.1 Å². The van der Waals surface area contributed by atoms with E-state index in [0.717, 1.165) is 16.7 Å². The van der Waals surface area contributed by atoms with Crippen LogP contribution in [0.1, 0.15) is 33.0 Å². The Balaban J connectivity index is 1.27. The van der Waals surface area contributed by atoms with E-state index in [2.05, 4.69) is 29.6 Å². The third-order valence-electron chi connectivity index (χ3n) is 6.20. The Morgan fingerprint density at radius 2 is 1.38 bits per heavy atom. The zero-order chi connectivity index (χ0) is 23.5. The number of rotatable bonds is 6. The molecule has 0 fully saturated rings. The van der Waals surface area contributed by atoms with Gasteiger partial charge in [0.15, 0.2) is 0 Å². The Bertz CT molecular complexity index is 1330. The summed E-state index contributed by atoms with van der Waals surface area (Å²) >= 11 is 0. The maximum atomic E-state index is 12.6. The van der Waals surface area contributed by atoms with Crippen molar-refractivity contribution in [2.24, 2.45) is 0 Å². The third-order valence-corrected chi connectivity index (χ3v) is 6.20. The molecule has 0 unspecified atom stereocenters. The van der Waals surface area contributed by atoms with E-state index in [4.69, 9.17) is 4.74 Å².